The predicted octanol–water partition coefficient (Wildman–Crippen LogP) is 3.52. The van der Waals surface area contributed by atoms with Crippen molar-refractivity contribution in [3.05, 3.63) is 102 Å². The monoisotopic (exact) mass is 419 g/mol. The van der Waals surface area contributed by atoms with Crippen LogP contribution in [0.15, 0.2) is 79.0 Å². The predicted molar refractivity (Wildman–Crippen MR) is 117 cm³/mol. The zero-order valence-electron chi connectivity index (χ0n) is 17.3. The van der Waals surface area contributed by atoms with Gasteiger partial charge in [0.1, 0.15) is 5.82 Å². The molecule has 1 saturated heterocycles. The van der Waals surface area contributed by atoms with Crippen molar-refractivity contribution >= 4 is 5.91 Å². The Labute approximate surface area is 181 Å². The summed E-state index contributed by atoms with van der Waals surface area (Å²) in [6, 6.07) is 21.6. The van der Waals surface area contributed by atoms with Gasteiger partial charge in [0.05, 0.1) is 30.9 Å². The Morgan fingerprint density at radius 3 is 2.58 bits per heavy atom. The van der Waals surface area contributed by atoms with Crippen molar-refractivity contribution in [1.29, 1.82) is 0 Å². The van der Waals surface area contributed by atoms with E-state index in [0.29, 0.717) is 26.1 Å². The number of benzene rings is 2. The molecule has 2 aromatic carbocycles. The Kier molecular flexibility index (Phi) is 7.02. The molecular formula is C25H26FN3O2. The molecule has 6 heteroatoms. The van der Waals surface area contributed by atoms with Crippen LogP contribution in [0.5, 0.6) is 0 Å². The summed E-state index contributed by atoms with van der Waals surface area (Å²) in [5.74, 6) is -0.305. The molecule has 0 aliphatic carbocycles. The SMILES string of the molecule is O=C(Cc1ccccc1)NC(c1ccccn1)C1CN(Cc2ccc(F)cc2)CCO1. The van der Waals surface area contributed by atoms with Crippen molar-refractivity contribution in [2.24, 2.45) is 0 Å². The lowest BCUT2D eigenvalue weighted by molar-refractivity contribution is -0.123. The summed E-state index contributed by atoms with van der Waals surface area (Å²) in [6.07, 6.45) is 1.80. The minimum absolute atomic E-state index is 0.0684. The molecule has 0 radical (unpaired) electrons. The van der Waals surface area contributed by atoms with Gasteiger partial charge in [-0.15, -0.1) is 0 Å². The Bertz CT molecular complexity index is 967. The lowest BCUT2D eigenvalue weighted by Crippen LogP contribution is -2.49. The number of carbonyl (C=O) groups excluding carboxylic acids is 1. The molecule has 0 saturated carbocycles. The van der Waals surface area contributed by atoms with Crippen LogP contribution in [0.1, 0.15) is 22.9 Å². The number of nitrogens with one attached hydrogen (secondary N) is 1. The van der Waals surface area contributed by atoms with Crippen LogP contribution in [-0.4, -0.2) is 41.6 Å². The minimum atomic E-state index is -0.353. The average molecular weight is 420 g/mol. The Morgan fingerprint density at radius 1 is 1.06 bits per heavy atom. The number of hydrogen-bond donors (Lipinski definition) is 1. The van der Waals surface area contributed by atoms with Crippen LogP contribution in [0.4, 0.5) is 4.39 Å². The van der Waals surface area contributed by atoms with Gasteiger partial charge >= 0.3 is 0 Å². The lowest BCUT2D eigenvalue weighted by atomic mass is 10.0. The summed E-state index contributed by atoms with van der Waals surface area (Å²) in [5.41, 5.74) is 2.78. The van der Waals surface area contributed by atoms with Gasteiger partial charge in [-0.05, 0) is 35.4 Å². The summed E-state index contributed by atoms with van der Waals surface area (Å²) in [6.45, 7) is 2.68. The van der Waals surface area contributed by atoms with E-state index in [1.165, 1.54) is 12.1 Å². The highest BCUT2D eigenvalue weighted by atomic mass is 19.1. The maximum Gasteiger partial charge on any atom is 0.225 e. The number of amides is 1. The highest BCUT2D eigenvalue weighted by Gasteiger charge is 2.31. The van der Waals surface area contributed by atoms with E-state index in [9.17, 15) is 9.18 Å². The first-order chi connectivity index (χ1) is 15.2. The van der Waals surface area contributed by atoms with E-state index in [1.54, 1.807) is 18.3 Å². The summed E-state index contributed by atoms with van der Waals surface area (Å²) < 4.78 is 19.3. The Morgan fingerprint density at radius 2 is 1.84 bits per heavy atom. The fourth-order valence-electron chi connectivity index (χ4n) is 3.85. The summed E-state index contributed by atoms with van der Waals surface area (Å²) >= 11 is 0. The first-order valence-electron chi connectivity index (χ1n) is 10.5. The molecule has 1 aliphatic heterocycles. The fraction of sp³-hybridized carbons (Fsp3) is 0.280. The molecule has 4 rings (SSSR count). The van der Waals surface area contributed by atoms with Crippen LogP contribution in [0.3, 0.4) is 0 Å². The van der Waals surface area contributed by atoms with Crippen LogP contribution >= 0.6 is 0 Å². The van der Waals surface area contributed by atoms with E-state index >= 15 is 0 Å². The van der Waals surface area contributed by atoms with E-state index in [4.69, 9.17) is 4.74 Å². The number of ether oxygens (including phenoxy) is 1. The van der Waals surface area contributed by atoms with E-state index < -0.39 is 0 Å². The van der Waals surface area contributed by atoms with Gasteiger partial charge in [0.15, 0.2) is 0 Å². The number of morpholine rings is 1. The van der Waals surface area contributed by atoms with Crippen molar-refractivity contribution in [3.63, 3.8) is 0 Å². The molecule has 1 aromatic heterocycles. The Hall–Kier alpha value is -3.09. The van der Waals surface area contributed by atoms with Gasteiger partial charge in [0.25, 0.3) is 0 Å². The number of aromatic nitrogens is 1. The largest absolute Gasteiger partial charge is 0.373 e. The second kappa shape index (κ2) is 10.3. The number of carbonyl (C=O) groups is 1. The number of hydrogen-bond acceptors (Lipinski definition) is 4. The number of halogens is 1. The van der Waals surface area contributed by atoms with Crippen LogP contribution in [0, 0.1) is 5.82 Å². The summed E-state index contributed by atoms with van der Waals surface area (Å²) in [7, 11) is 0. The van der Waals surface area contributed by atoms with Crippen molar-refractivity contribution in [3.8, 4) is 0 Å². The molecule has 2 heterocycles. The highest BCUT2D eigenvalue weighted by molar-refractivity contribution is 5.79. The maximum atomic E-state index is 13.2. The maximum absolute atomic E-state index is 13.2. The molecule has 3 aromatic rings. The second-order valence-corrected chi connectivity index (χ2v) is 7.73. The van der Waals surface area contributed by atoms with Gasteiger partial charge in [-0.1, -0.05) is 48.5 Å². The second-order valence-electron chi connectivity index (χ2n) is 7.73. The number of pyridine rings is 1. The van der Waals surface area contributed by atoms with Gasteiger partial charge in [-0.2, -0.15) is 0 Å². The molecular weight excluding hydrogens is 393 g/mol. The van der Waals surface area contributed by atoms with Crippen LogP contribution < -0.4 is 5.32 Å². The molecule has 31 heavy (non-hydrogen) atoms. The highest BCUT2D eigenvalue weighted by Crippen LogP contribution is 2.22. The van der Waals surface area contributed by atoms with Crippen molar-refractivity contribution in [1.82, 2.24) is 15.2 Å². The fourth-order valence-corrected chi connectivity index (χ4v) is 3.85. The van der Waals surface area contributed by atoms with E-state index in [1.807, 2.05) is 48.5 Å². The average Bonchev–Trinajstić information content (AvgIpc) is 2.80. The van der Waals surface area contributed by atoms with Crippen LogP contribution in [0.2, 0.25) is 0 Å². The van der Waals surface area contributed by atoms with Crippen LogP contribution in [-0.2, 0) is 22.5 Å². The summed E-state index contributed by atoms with van der Waals surface area (Å²) in [5, 5.41) is 3.14. The molecule has 1 fully saturated rings. The van der Waals surface area contributed by atoms with Crippen molar-refractivity contribution in [2.45, 2.75) is 25.1 Å². The molecule has 1 aliphatic rings. The van der Waals surface area contributed by atoms with Gasteiger partial charge < -0.3 is 10.1 Å². The molecule has 1 N–H and O–H groups in total. The molecule has 2 atom stereocenters. The molecule has 0 spiro atoms. The molecule has 0 bridgehead atoms. The lowest BCUT2D eigenvalue weighted by Gasteiger charge is -2.37. The van der Waals surface area contributed by atoms with E-state index in [0.717, 1.165) is 23.4 Å². The van der Waals surface area contributed by atoms with Gasteiger partial charge in [0, 0.05) is 25.8 Å². The molecule has 160 valence electrons. The quantitative estimate of drug-likeness (QED) is 0.637. The number of rotatable bonds is 7. The number of nitrogens with zero attached hydrogens (tertiary/aromatic N) is 2. The topological polar surface area (TPSA) is 54.5 Å². The Balaban J connectivity index is 1.46. The third kappa shape index (κ3) is 5.96. The zero-order chi connectivity index (χ0) is 21.5. The normalized spacial score (nSPS) is 17.8. The standard InChI is InChI=1S/C25H26FN3O2/c26-21-11-9-20(10-12-21)17-29-14-15-31-23(18-29)25(22-8-4-5-13-27-22)28-24(30)16-19-6-2-1-3-7-19/h1-13,23,25H,14-18H2,(H,28,30). The summed E-state index contributed by atoms with van der Waals surface area (Å²) in [4.78, 5) is 19.5. The molecule has 2 unspecified atom stereocenters. The van der Waals surface area contributed by atoms with E-state index in [2.05, 4.69) is 15.2 Å². The smallest absolute Gasteiger partial charge is 0.225 e. The molecule has 1 amide bonds. The zero-order valence-corrected chi connectivity index (χ0v) is 17.3. The first kappa shape index (κ1) is 21.2. The third-order valence-corrected chi connectivity index (χ3v) is 5.40. The van der Waals surface area contributed by atoms with Gasteiger partial charge in [-0.3, -0.25) is 14.7 Å². The van der Waals surface area contributed by atoms with Gasteiger partial charge in [0.2, 0.25) is 5.91 Å². The van der Waals surface area contributed by atoms with Crippen molar-refractivity contribution in [2.75, 3.05) is 19.7 Å². The van der Waals surface area contributed by atoms with E-state index in [-0.39, 0.29) is 23.9 Å². The third-order valence-electron chi connectivity index (χ3n) is 5.40. The van der Waals surface area contributed by atoms with Crippen LogP contribution in [0.25, 0.3) is 0 Å². The minimum Gasteiger partial charge on any atom is -0.373 e. The van der Waals surface area contributed by atoms with Crippen molar-refractivity contribution < 1.29 is 13.9 Å². The molecule has 5 nitrogen and oxygen atoms in total. The first-order valence-corrected chi connectivity index (χ1v) is 10.5. The van der Waals surface area contributed by atoms with Gasteiger partial charge in [-0.25, -0.2) is 4.39 Å².